The minimum absolute atomic E-state index is 0.0325. The van der Waals surface area contributed by atoms with Crippen LogP contribution < -0.4 is 5.32 Å². The summed E-state index contributed by atoms with van der Waals surface area (Å²) in [5.41, 5.74) is 0.905. The molecule has 0 spiro atoms. The van der Waals surface area contributed by atoms with E-state index in [1.54, 1.807) is 11.3 Å². The summed E-state index contributed by atoms with van der Waals surface area (Å²) in [4.78, 5) is 14.3. The minimum atomic E-state index is 0.0325. The van der Waals surface area contributed by atoms with E-state index in [0.29, 0.717) is 0 Å². The van der Waals surface area contributed by atoms with E-state index in [4.69, 9.17) is 0 Å². The molecule has 0 radical (unpaired) electrons. The molecule has 100 valence electrons. The molecule has 1 fully saturated rings. The molecule has 2 rings (SSSR count). The van der Waals surface area contributed by atoms with Gasteiger partial charge in [-0.25, -0.2) is 0 Å². The van der Waals surface area contributed by atoms with Gasteiger partial charge in [-0.2, -0.15) is 0 Å². The second-order valence-corrected chi connectivity index (χ2v) is 7.44. The maximum Gasteiger partial charge on any atom is 0.252 e. The number of carbonyl (C=O) groups is 1. The van der Waals surface area contributed by atoms with Gasteiger partial charge >= 0.3 is 0 Å². The van der Waals surface area contributed by atoms with Gasteiger partial charge in [-0.15, -0.1) is 11.3 Å². The van der Waals surface area contributed by atoms with Crippen molar-refractivity contribution < 1.29 is 4.79 Å². The van der Waals surface area contributed by atoms with E-state index in [1.165, 1.54) is 25.7 Å². The maximum absolute atomic E-state index is 12.0. The van der Waals surface area contributed by atoms with Crippen molar-refractivity contribution in [3.8, 4) is 0 Å². The number of thiophene rings is 1. The predicted octanol–water partition coefficient (Wildman–Crippen LogP) is 3.11. The van der Waals surface area contributed by atoms with E-state index in [2.05, 4.69) is 40.2 Å². The maximum atomic E-state index is 12.0. The average Bonchev–Trinajstić information content (AvgIpc) is 2.95. The lowest BCUT2D eigenvalue weighted by Crippen LogP contribution is -2.50. The van der Waals surface area contributed by atoms with Gasteiger partial charge in [0.05, 0.1) is 9.35 Å². The lowest BCUT2D eigenvalue weighted by molar-refractivity contribution is 0.0900. The molecule has 1 aliphatic carbocycles. The highest BCUT2D eigenvalue weighted by molar-refractivity contribution is 9.11. The van der Waals surface area contributed by atoms with E-state index in [0.717, 1.165) is 15.9 Å². The van der Waals surface area contributed by atoms with Crippen LogP contribution in [0.4, 0.5) is 0 Å². The second kappa shape index (κ2) is 5.72. The summed E-state index contributed by atoms with van der Waals surface area (Å²) in [5, 5.41) is 4.97. The van der Waals surface area contributed by atoms with Crippen LogP contribution in [0.2, 0.25) is 0 Å². The highest BCUT2D eigenvalue weighted by Gasteiger charge is 2.36. The Labute approximate surface area is 121 Å². The molecule has 0 bridgehead atoms. The zero-order chi connectivity index (χ0) is 13.2. The Morgan fingerprint density at radius 2 is 2.17 bits per heavy atom. The van der Waals surface area contributed by atoms with Gasteiger partial charge in [0.2, 0.25) is 0 Å². The number of hydrogen-bond acceptors (Lipinski definition) is 3. The molecule has 1 aliphatic rings. The van der Waals surface area contributed by atoms with Crippen LogP contribution in [0, 0.1) is 0 Å². The summed E-state index contributed by atoms with van der Waals surface area (Å²) in [6.07, 6.45) is 4.87. The fourth-order valence-corrected chi connectivity index (χ4v) is 3.73. The van der Waals surface area contributed by atoms with Crippen molar-refractivity contribution in [2.75, 3.05) is 20.6 Å². The molecule has 0 unspecified atom stereocenters. The topological polar surface area (TPSA) is 32.3 Å². The van der Waals surface area contributed by atoms with E-state index >= 15 is 0 Å². The average molecular weight is 331 g/mol. The van der Waals surface area contributed by atoms with Gasteiger partial charge in [0.1, 0.15) is 0 Å². The molecule has 0 aromatic carbocycles. The van der Waals surface area contributed by atoms with Gasteiger partial charge < -0.3 is 10.2 Å². The van der Waals surface area contributed by atoms with Crippen LogP contribution in [0.5, 0.6) is 0 Å². The number of amides is 1. The number of carbonyl (C=O) groups excluding carboxylic acids is 1. The highest BCUT2D eigenvalue weighted by Crippen LogP contribution is 2.33. The van der Waals surface area contributed by atoms with Crippen LogP contribution in [-0.2, 0) is 0 Å². The molecule has 18 heavy (non-hydrogen) atoms. The van der Waals surface area contributed by atoms with Crippen molar-refractivity contribution in [2.24, 2.45) is 0 Å². The van der Waals surface area contributed by atoms with Crippen molar-refractivity contribution in [1.82, 2.24) is 10.2 Å². The first-order chi connectivity index (χ1) is 8.53. The number of likely N-dealkylation sites (N-methyl/N-ethyl adjacent to an activating group) is 1. The van der Waals surface area contributed by atoms with Gasteiger partial charge in [-0.3, -0.25) is 4.79 Å². The standard InChI is InChI=1S/C13H19BrN2OS/c1-16(2)13(5-3-4-6-13)9-15-12(17)10-7-11(14)18-8-10/h7-8H,3-6,9H2,1-2H3,(H,15,17). The summed E-state index contributed by atoms with van der Waals surface area (Å²) in [6, 6.07) is 1.87. The van der Waals surface area contributed by atoms with Crippen LogP contribution in [-0.4, -0.2) is 37.0 Å². The SMILES string of the molecule is CN(C)C1(CNC(=O)c2csc(Br)c2)CCCC1. The Hall–Kier alpha value is -0.390. The van der Waals surface area contributed by atoms with Gasteiger partial charge in [-0.05, 0) is 48.9 Å². The molecule has 0 saturated heterocycles. The molecule has 1 aromatic heterocycles. The third kappa shape index (κ3) is 2.95. The third-order valence-electron chi connectivity index (χ3n) is 3.89. The summed E-state index contributed by atoms with van der Waals surface area (Å²) in [5.74, 6) is 0.0325. The van der Waals surface area contributed by atoms with Crippen molar-refractivity contribution >= 4 is 33.2 Å². The van der Waals surface area contributed by atoms with Crippen LogP contribution in [0.15, 0.2) is 15.2 Å². The number of nitrogens with zero attached hydrogens (tertiary/aromatic N) is 1. The third-order valence-corrected chi connectivity index (χ3v) is 5.40. The first kappa shape index (κ1) is 14.0. The Morgan fingerprint density at radius 1 is 1.50 bits per heavy atom. The van der Waals surface area contributed by atoms with E-state index in [9.17, 15) is 4.79 Å². The number of halogens is 1. The number of nitrogens with one attached hydrogen (secondary N) is 1. The first-order valence-corrected chi connectivity index (χ1v) is 7.90. The van der Waals surface area contributed by atoms with Crippen molar-refractivity contribution in [3.63, 3.8) is 0 Å². The van der Waals surface area contributed by atoms with E-state index in [-0.39, 0.29) is 11.4 Å². The van der Waals surface area contributed by atoms with E-state index in [1.807, 2.05) is 11.4 Å². The molecular weight excluding hydrogens is 312 g/mol. The Bertz CT molecular complexity index is 424. The summed E-state index contributed by atoms with van der Waals surface area (Å²) in [7, 11) is 4.22. The van der Waals surface area contributed by atoms with E-state index < -0.39 is 0 Å². The molecular formula is C13H19BrN2OS. The zero-order valence-electron chi connectivity index (χ0n) is 10.8. The van der Waals surface area contributed by atoms with Crippen LogP contribution >= 0.6 is 27.3 Å². The van der Waals surface area contributed by atoms with Crippen LogP contribution in [0.1, 0.15) is 36.0 Å². The van der Waals surface area contributed by atoms with Gasteiger partial charge in [0.15, 0.2) is 0 Å². The Morgan fingerprint density at radius 3 is 2.67 bits per heavy atom. The quantitative estimate of drug-likeness (QED) is 0.919. The van der Waals surface area contributed by atoms with Crippen LogP contribution in [0.25, 0.3) is 0 Å². The summed E-state index contributed by atoms with van der Waals surface area (Å²) in [6.45, 7) is 0.742. The molecule has 1 amide bonds. The molecule has 1 saturated carbocycles. The highest BCUT2D eigenvalue weighted by atomic mass is 79.9. The number of rotatable bonds is 4. The minimum Gasteiger partial charge on any atom is -0.350 e. The second-order valence-electron chi connectivity index (χ2n) is 5.15. The molecule has 5 heteroatoms. The Kier molecular flexibility index (Phi) is 4.45. The molecule has 1 heterocycles. The fourth-order valence-electron chi connectivity index (χ4n) is 2.59. The normalized spacial score (nSPS) is 18.2. The van der Waals surface area contributed by atoms with Gasteiger partial charge in [-0.1, -0.05) is 12.8 Å². The fraction of sp³-hybridized carbons (Fsp3) is 0.615. The number of hydrogen-bond donors (Lipinski definition) is 1. The lowest BCUT2D eigenvalue weighted by Gasteiger charge is -2.36. The van der Waals surface area contributed by atoms with Crippen molar-refractivity contribution in [2.45, 2.75) is 31.2 Å². The van der Waals surface area contributed by atoms with Gasteiger partial charge in [0, 0.05) is 17.5 Å². The lowest BCUT2D eigenvalue weighted by atomic mass is 9.96. The monoisotopic (exact) mass is 330 g/mol. The molecule has 0 aliphatic heterocycles. The smallest absolute Gasteiger partial charge is 0.252 e. The largest absolute Gasteiger partial charge is 0.350 e. The zero-order valence-corrected chi connectivity index (χ0v) is 13.2. The predicted molar refractivity (Wildman–Crippen MR) is 79.2 cm³/mol. The van der Waals surface area contributed by atoms with Crippen molar-refractivity contribution in [3.05, 3.63) is 20.8 Å². The molecule has 3 nitrogen and oxygen atoms in total. The molecule has 1 N–H and O–H groups in total. The summed E-state index contributed by atoms with van der Waals surface area (Å²) >= 11 is 4.92. The summed E-state index contributed by atoms with van der Waals surface area (Å²) < 4.78 is 0.996. The van der Waals surface area contributed by atoms with Gasteiger partial charge in [0.25, 0.3) is 5.91 Å². The molecule has 0 atom stereocenters. The Balaban J connectivity index is 1.96. The molecule has 1 aromatic rings. The van der Waals surface area contributed by atoms with Crippen molar-refractivity contribution in [1.29, 1.82) is 0 Å². The van der Waals surface area contributed by atoms with Crippen LogP contribution in [0.3, 0.4) is 0 Å². The first-order valence-electron chi connectivity index (χ1n) is 6.23.